The van der Waals surface area contributed by atoms with Crippen LogP contribution in [0.2, 0.25) is 0 Å². The number of aliphatic hydroxyl groups is 1. The predicted molar refractivity (Wildman–Crippen MR) is 55.7 cm³/mol. The summed E-state index contributed by atoms with van der Waals surface area (Å²) in [5.74, 6) is 4.11. The predicted octanol–water partition coefficient (Wildman–Crippen LogP) is 2.68. The van der Waals surface area contributed by atoms with Gasteiger partial charge in [0.2, 0.25) is 0 Å². The van der Waals surface area contributed by atoms with Crippen molar-refractivity contribution in [2.75, 3.05) is 0 Å². The number of hydrogen-bond acceptors (Lipinski definition) is 2. The van der Waals surface area contributed by atoms with Crippen molar-refractivity contribution in [3.05, 3.63) is 23.7 Å². The first-order chi connectivity index (χ1) is 6.77. The molecule has 1 rings (SSSR count). The molecule has 0 aliphatic carbocycles. The van der Waals surface area contributed by atoms with Crippen LogP contribution in [0.15, 0.2) is 16.5 Å². The molecule has 76 valence electrons. The summed E-state index contributed by atoms with van der Waals surface area (Å²) in [7, 11) is 0. The van der Waals surface area contributed by atoms with Gasteiger partial charge in [0, 0.05) is 12.8 Å². The third-order valence-electron chi connectivity index (χ3n) is 2.16. The highest BCUT2D eigenvalue weighted by Gasteiger charge is 2.10. The summed E-state index contributed by atoms with van der Waals surface area (Å²) in [6.45, 7) is 2.02. The van der Waals surface area contributed by atoms with E-state index in [9.17, 15) is 5.11 Å². The SMILES string of the molecule is C#CCCCC(O)c1ccc(CC)o1. The molecule has 0 saturated heterocycles. The fraction of sp³-hybridized carbons (Fsp3) is 0.500. The standard InChI is InChI=1S/C12H16O2/c1-3-5-6-7-11(13)12-9-8-10(4-2)14-12/h1,8-9,11,13H,4-7H2,2H3. The van der Waals surface area contributed by atoms with E-state index in [1.54, 1.807) is 0 Å². The third-order valence-corrected chi connectivity index (χ3v) is 2.16. The maximum atomic E-state index is 9.69. The van der Waals surface area contributed by atoms with Crippen molar-refractivity contribution in [3.8, 4) is 12.3 Å². The van der Waals surface area contributed by atoms with Crippen LogP contribution in [0.5, 0.6) is 0 Å². The van der Waals surface area contributed by atoms with E-state index in [4.69, 9.17) is 10.8 Å². The number of aryl methyl sites for hydroxylation is 1. The molecule has 14 heavy (non-hydrogen) atoms. The van der Waals surface area contributed by atoms with Gasteiger partial charge in [0.1, 0.15) is 17.6 Å². The lowest BCUT2D eigenvalue weighted by molar-refractivity contribution is 0.136. The van der Waals surface area contributed by atoms with Crippen molar-refractivity contribution in [2.45, 2.75) is 38.7 Å². The second kappa shape index (κ2) is 5.51. The zero-order valence-electron chi connectivity index (χ0n) is 8.49. The van der Waals surface area contributed by atoms with Gasteiger partial charge in [-0.1, -0.05) is 6.92 Å². The molecule has 1 aromatic heterocycles. The Morgan fingerprint density at radius 1 is 1.57 bits per heavy atom. The molecule has 0 aromatic carbocycles. The minimum Gasteiger partial charge on any atom is -0.463 e. The lowest BCUT2D eigenvalue weighted by Gasteiger charge is -2.05. The van der Waals surface area contributed by atoms with E-state index < -0.39 is 6.10 Å². The van der Waals surface area contributed by atoms with Crippen molar-refractivity contribution in [2.24, 2.45) is 0 Å². The normalized spacial score (nSPS) is 12.4. The van der Waals surface area contributed by atoms with Crippen LogP contribution in [0.4, 0.5) is 0 Å². The molecule has 1 aromatic rings. The summed E-state index contributed by atoms with van der Waals surface area (Å²) < 4.78 is 5.42. The lowest BCUT2D eigenvalue weighted by atomic mass is 10.1. The van der Waals surface area contributed by atoms with Gasteiger partial charge >= 0.3 is 0 Å². The Morgan fingerprint density at radius 2 is 2.36 bits per heavy atom. The minimum absolute atomic E-state index is 0.511. The monoisotopic (exact) mass is 192 g/mol. The summed E-state index contributed by atoms with van der Waals surface area (Å²) in [5.41, 5.74) is 0. The molecule has 0 aliphatic heterocycles. The van der Waals surface area contributed by atoms with Crippen LogP contribution in [0.3, 0.4) is 0 Å². The minimum atomic E-state index is -0.511. The van der Waals surface area contributed by atoms with Crippen LogP contribution in [0.25, 0.3) is 0 Å². The van der Waals surface area contributed by atoms with E-state index in [0.29, 0.717) is 18.6 Å². The highest BCUT2D eigenvalue weighted by atomic mass is 16.4. The van der Waals surface area contributed by atoms with Gasteiger partial charge in [-0.3, -0.25) is 0 Å². The molecule has 0 fully saturated rings. The number of unbranched alkanes of at least 4 members (excludes halogenated alkanes) is 1. The Kier molecular flexibility index (Phi) is 4.28. The van der Waals surface area contributed by atoms with E-state index in [1.165, 1.54) is 0 Å². The number of furan rings is 1. The molecule has 0 radical (unpaired) electrons. The number of terminal acetylenes is 1. The summed E-state index contributed by atoms with van der Waals surface area (Å²) >= 11 is 0. The number of hydrogen-bond donors (Lipinski definition) is 1. The van der Waals surface area contributed by atoms with Crippen LogP contribution in [-0.2, 0) is 6.42 Å². The summed E-state index contributed by atoms with van der Waals surface area (Å²) in [6.07, 6.45) is 7.68. The summed E-state index contributed by atoms with van der Waals surface area (Å²) in [4.78, 5) is 0. The first-order valence-electron chi connectivity index (χ1n) is 4.98. The molecule has 0 aliphatic rings. The Balaban J connectivity index is 2.44. The summed E-state index contributed by atoms with van der Waals surface area (Å²) in [5, 5.41) is 9.69. The van der Waals surface area contributed by atoms with E-state index >= 15 is 0 Å². The van der Waals surface area contributed by atoms with Gasteiger partial charge in [-0.15, -0.1) is 12.3 Å². The molecule has 1 atom stereocenters. The average molecular weight is 192 g/mol. The van der Waals surface area contributed by atoms with E-state index in [0.717, 1.165) is 18.6 Å². The highest BCUT2D eigenvalue weighted by molar-refractivity contribution is 5.09. The topological polar surface area (TPSA) is 33.4 Å². The van der Waals surface area contributed by atoms with Gasteiger partial charge < -0.3 is 9.52 Å². The number of rotatable bonds is 5. The molecule has 2 nitrogen and oxygen atoms in total. The highest BCUT2D eigenvalue weighted by Crippen LogP contribution is 2.21. The zero-order chi connectivity index (χ0) is 10.4. The van der Waals surface area contributed by atoms with E-state index in [-0.39, 0.29) is 0 Å². The van der Waals surface area contributed by atoms with Gasteiger partial charge in [0.25, 0.3) is 0 Å². The van der Waals surface area contributed by atoms with E-state index in [1.807, 2.05) is 19.1 Å². The van der Waals surface area contributed by atoms with Crippen molar-refractivity contribution in [1.29, 1.82) is 0 Å². The second-order valence-corrected chi connectivity index (χ2v) is 3.27. The van der Waals surface area contributed by atoms with Crippen molar-refractivity contribution in [3.63, 3.8) is 0 Å². The van der Waals surface area contributed by atoms with Crippen LogP contribution in [0.1, 0.15) is 43.8 Å². The van der Waals surface area contributed by atoms with Crippen LogP contribution < -0.4 is 0 Å². The Bertz CT molecular complexity index is 306. The average Bonchev–Trinajstić information content (AvgIpc) is 2.66. The second-order valence-electron chi connectivity index (χ2n) is 3.27. The molecular weight excluding hydrogens is 176 g/mol. The fourth-order valence-corrected chi connectivity index (χ4v) is 1.30. The van der Waals surface area contributed by atoms with Crippen molar-refractivity contribution in [1.82, 2.24) is 0 Å². The third kappa shape index (κ3) is 2.93. The quantitative estimate of drug-likeness (QED) is 0.574. The zero-order valence-corrected chi connectivity index (χ0v) is 8.49. The van der Waals surface area contributed by atoms with Gasteiger partial charge in [0.15, 0.2) is 0 Å². The van der Waals surface area contributed by atoms with Gasteiger partial charge in [-0.05, 0) is 25.0 Å². The van der Waals surface area contributed by atoms with Crippen LogP contribution in [0, 0.1) is 12.3 Å². The first kappa shape index (κ1) is 10.9. The largest absolute Gasteiger partial charge is 0.463 e. The molecule has 0 amide bonds. The Labute approximate surface area is 84.9 Å². The maximum Gasteiger partial charge on any atom is 0.132 e. The Morgan fingerprint density at radius 3 is 2.93 bits per heavy atom. The molecule has 1 heterocycles. The molecular formula is C12H16O2. The van der Waals surface area contributed by atoms with Crippen LogP contribution in [-0.4, -0.2) is 5.11 Å². The lowest BCUT2D eigenvalue weighted by Crippen LogP contribution is -1.94. The molecule has 2 heteroatoms. The Hall–Kier alpha value is -1.20. The van der Waals surface area contributed by atoms with Gasteiger partial charge in [-0.2, -0.15) is 0 Å². The maximum absolute atomic E-state index is 9.69. The molecule has 0 bridgehead atoms. The molecule has 0 saturated carbocycles. The molecule has 1 N–H and O–H groups in total. The van der Waals surface area contributed by atoms with Crippen molar-refractivity contribution >= 4 is 0 Å². The van der Waals surface area contributed by atoms with E-state index in [2.05, 4.69) is 5.92 Å². The molecule has 1 unspecified atom stereocenters. The van der Waals surface area contributed by atoms with Gasteiger partial charge in [-0.25, -0.2) is 0 Å². The number of aliphatic hydroxyl groups excluding tert-OH is 1. The van der Waals surface area contributed by atoms with Crippen LogP contribution >= 0.6 is 0 Å². The fourth-order valence-electron chi connectivity index (χ4n) is 1.30. The van der Waals surface area contributed by atoms with Crippen molar-refractivity contribution < 1.29 is 9.52 Å². The van der Waals surface area contributed by atoms with Gasteiger partial charge in [0.05, 0.1) is 0 Å². The first-order valence-corrected chi connectivity index (χ1v) is 4.98. The smallest absolute Gasteiger partial charge is 0.132 e. The molecule has 0 spiro atoms. The summed E-state index contributed by atoms with van der Waals surface area (Å²) in [6, 6.07) is 3.74.